The quantitative estimate of drug-likeness (QED) is 0.690. The van der Waals surface area contributed by atoms with Crippen LogP contribution in [0.4, 0.5) is 0 Å². The highest BCUT2D eigenvalue weighted by Crippen LogP contribution is 2.36. The minimum absolute atomic E-state index is 0.0546. The molecule has 0 unspecified atom stereocenters. The molecule has 1 aromatic carbocycles. The predicted molar refractivity (Wildman–Crippen MR) is 127 cm³/mol. The van der Waals surface area contributed by atoms with Gasteiger partial charge >= 0.3 is 0 Å². The topological polar surface area (TPSA) is 62.3 Å². The number of rotatable bonds is 6. The van der Waals surface area contributed by atoms with Crippen LogP contribution < -0.4 is 5.32 Å². The molecule has 1 aliphatic carbocycles. The molecule has 2 atom stereocenters. The lowest BCUT2D eigenvalue weighted by molar-refractivity contribution is -0.144. The highest BCUT2D eigenvalue weighted by atomic mass is 16.2. The Labute approximate surface area is 190 Å². The smallest absolute Gasteiger partial charge is 0.228 e. The number of pyridine rings is 1. The van der Waals surface area contributed by atoms with Crippen LogP contribution in [0, 0.1) is 11.3 Å². The second kappa shape index (κ2) is 10.1. The fourth-order valence-electron chi connectivity index (χ4n) is 5.14. The van der Waals surface area contributed by atoms with Gasteiger partial charge in [0.15, 0.2) is 0 Å². The van der Waals surface area contributed by atoms with Crippen LogP contribution in [0.5, 0.6) is 0 Å². The molecule has 32 heavy (non-hydrogen) atoms. The molecule has 5 nitrogen and oxygen atoms in total. The van der Waals surface area contributed by atoms with Gasteiger partial charge in [-0.25, -0.2) is 0 Å². The second-order valence-electron chi connectivity index (χ2n) is 9.10. The van der Waals surface area contributed by atoms with E-state index < -0.39 is 5.41 Å². The molecule has 0 bridgehead atoms. The summed E-state index contributed by atoms with van der Waals surface area (Å²) in [5, 5.41) is 3.06. The van der Waals surface area contributed by atoms with Crippen LogP contribution in [-0.2, 0) is 16.0 Å². The Balaban J connectivity index is 1.59. The van der Waals surface area contributed by atoms with Crippen LogP contribution in [0.15, 0.2) is 60.9 Å². The Kier molecular flexibility index (Phi) is 7.03. The number of carbonyl (C=O) groups is 2. The summed E-state index contributed by atoms with van der Waals surface area (Å²) >= 11 is 0. The first-order valence-corrected chi connectivity index (χ1v) is 11.8. The molecule has 5 heteroatoms. The molecular formula is C27H33N3O2. The summed E-state index contributed by atoms with van der Waals surface area (Å²) in [4.78, 5) is 32.8. The number of nitrogens with zero attached hydrogens (tertiary/aromatic N) is 2. The monoisotopic (exact) mass is 431 g/mol. The maximum atomic E-state index is 13.4. The average Bonchev–Trinajstić information content (AvgIpc) is 2.85. The summed E-state index contributed by atoms with van der Waals surface area (Å²) in [6.07, 6.45) is 12.9. The number of likely N-dealkylation sites (tertiary alicyclic amines) is 1. The molecule has 1 saturated heterocycles. The lowest BCUT2D eigenvalue weighted by Gasteiger charge is -2.43. The molecule has 4 rings (SSSR count). The van der Waals surface area contributed by atoms with Gasteiger partial charge in [-0.1, -0.05) is 42.5 Å². The zero-order valence-corrected chi connectivity index (χ0v) is 18.9. The first-order chi connectivity index (χ1) is 15.6. The van der Waals surface area contributed by atoms with Crippen LogP contribution in [-0.4, -0.2) is 41.3 Å². The standard InChI is InChI=1S/C27H33N3O2/c1-2-29-26(32)27(14-8-16-30(20-27)25(31)22-10-4-3-5-11-22)18-21-9-6-12-23(17-21)24-13-7-15-28-19-24/h3-4,6-7,9,12-13,15,17,19,22H,2,5,8,10-11,14,16,18,20H2,1H3,(H,29,32)/t22-,27+/m0/s1. The molecular weight excluding hydrogens is 398 g/mol. The summed E-state index contributed by atoms with van der Waals surface area (Å²) < 4.78 is 0. The fraction of sp³-hybridized carbons (Fsp3) is 0.444. The van der Waals surface area contributed by atoms with Crippen molar-refractivity contribution in [1.29, 1.82) is 0 Å². The summed E-state index contributed by atoms with van der Waals surface area (Å²) in [5.41, 5.74) is 2.68. The van der Waals surface area contributed by atoms with E-state index in [1.807, 2.05) is 36.2 Å². The molecule has 1 N–H and O–H groups in total. The maximum absolute atomic E-state index is 13.4. The Morgan fingerprint density at radius 3 is 2.81 bits per heavy atom. The Hall–Kier alpha value is -2.95. The maximum Gasteiger partial charge on any atom is 0.228 e. The van der Waals surface area contributed by atoms with E-state index in [1.54, 1.807) is 6.20 Å². The summed E-state index contributed by atoms with van der Waals surface area (Å²) in [5.74, 6) is 0.332. The molecule has 1 fully saturated rings. The molecule has 2 aromatic rings. The molecule has 2 heterocycles. The van der Waals surface area contributed by atoms with Crippen molar-refractivity contribution in [3.8, 4) is 11.1 Å². The lowest BCUT2D eigenvalue weighted by atomic mass is 9.73. The van der Waals surface area contributed by atoms with Crippen molar-refractivity contribution in [2.75, 3.05) is 19.6 Å². The SMILES string of the molecule is CCNC(=O)[C@@]1(Cc2cccc(-c3cccnc3)c2)CCCN(C(=O)[C@H]2CC=CCC2)C1. The normalized spacial score (nSPS) is 23.0. The highest BCUT2D eigenvalue weighted by Gasteiger charge is 2.44. The predicted octanol–water partition coefficient (Wildman–Crippen LogP) is 4.39. The van der Waals surface area contributed by atoms with E-state index >= 15 is 0 Å². The number of carbonyl (C=O) groups excluding carboxylic acids is 2. The second-order valence-corrected chi connectivity index (χ2v) is 9.10. The van der Waals surface area contributed by atoms with Crippen LogP contribution in [0.3, 0.4) is 0 Å². The Morgan fingerprint density at radius 1 is 1.19 bits per heavy atom. The third-order valence-electron chi connectivity index (χ3n) is 6.79. The first kappa shape index (κ1) is 22.3. The molecule has 1 aromatic heterocycles. The van der Waals surface area contributed by atoms with E-state index in [-0.39, 0.29) is 17.7 Å². The number of nitrogens with one attached hydrogen (secondary N) is 1. The number of benzene rings is 1. The summed E-state index contributed by atoms with van der Waals surface area (Å²) in [7, 11) is 0. The van der Waals surface area contributed by atoms with Gasteiger partial charge in [0.2, 0.25) is 11.8 Å². The van der Waals surface area contributed by atoms with Crippen molar-refractivity contribution in [2.45, 2.75) is 45.4 Å². The number of allylic oxidation sites excluding steroid dienone is 2. The molecule has 0 radical (unpaired) electrons. The molecule has 2 aliphatic rings. The van der Waals surface area contributed by atoms with E-state index in [1.165, 1.54) is 0 Å². The largest absolute Gasteiger partial charge is 0.356 e. The molecule has 2 amide bonds. The average molecular weight is 432 g/mol. The van der Waals surface area contributed by atoms with Gasteiger partial charge in [-0.05, 0) is 68.2 Å². The van der Waals surface area contributed by atoms with Crippen molar-refractivity contribution in [2.24, 2.45) is 11.3 Å². The zero-order chi connectivity index (χ0) is 22.4. The van der Waals surface area contributed by atoms with Crippen LogP contribution in [0.25, 0.3) is 11.1 Å². The number of aromatic nitrogens is 1. The van der Waals surface area contributed by atoms with Crippen molar-refractivity contribution in [1.82, 2.24) is 15.2 Å². The minimum Gasteiger partial charge on any atom is -0.356 e. The van der Waals surface area contributed by atoms with Crippen molar-refractivity contribution < 1.29 is 9.59 Å². The molecule has 0 spiro atoms. The summed E-state index contributed by atoms with van der Waals surface area (Å²) in [6.45, 7) is 3.79. The van der Waals surface area contributed by atoms with E-state index in [0.717, 1.165) is 55.3 Å². The van der Waals surface area contributed by atoms with E-state index in [9.17, 15) is 9.59 Å². The van der Waals surface area contributed by atoms with Crippen molar-refractivity contribution in [3.05, 3.63) is 66.5 Å². The van der Waals surface area contributed by atoms with Gasteiger partial charge in [0, 0.05) is 37.9 Å². The number of amides is 2. The van der Waals surface area contributed by atoms with Crippen molar-refractivity contribution >= 4 is 11.8 Å². The first-order valence-electron chi connectivity index (χ1n) is 11.8. The molecule has 168 valence electrons. The number of hydrogen-bond donors (Lipinski definition) is 1. The van der Waals surface area contributed by atoms with Crippen molar-refractivity contribution in [3.63, 3.8) is 0 Å². The zero-order valence-electron chi connectivity index (χ0n) is 18.9. The fourth-order valence-corrected chi connectivity index (χ4v) is 5.14. The van der Waals surface area contributed by atoms with Gasteiger partial charge in [0.1, 0.15) is 0 Å². The van der Waals surface area contributed by atoms with Crippen LogP contribution in [0.1, 0.15) is 44.6 Å². The van der Waals surface area contributed by atoms with Gasteiger partial charge < -0.3 is 10.2 Å². The third kappa shape index (κ3) is 4.93. The number of piperidine rings is 1. The van der Waals surface area contributed by atoms with E-state index in [0.29, 0.717) is 19.5 Å². The van der Waals surface area contributed by atoms with Gasteiger partial charge in [0.05, 0.1) is 5.41 Å². The third-order valence-corrected chi connectivity index (χ3v) is 6.79. The Morgan fingerprint density at radius 2 is 2.06 bits per heavy atom. The van der Waals surface area contributed by atoms with Gasteiger partial charge in [-0.15, -0.1) is 0 Å². The molecule has 0 saturated carbocycles. The molecule has 1 aliphatic heterocycles. The van der Waals surface area contributed by atoms with E-state index in [2.05, 4.69) is 40.7 Å². The Bertz CT molecular complexity index is 972. The van der Waals surface area contributed by atoms with E-state index in [4.69, 9.17) is 0 Å². The number of hydrogen-bond acceptors (Lipinski definition) is 3. The van der Waals surface area contributed by atoms with Crippen LogP contribution in [0.2, 0.25) is 0 Å². The van der Waals surface area contributed by atoms with Crippen LogP contribution >= 0.6 is 0 Å². The van der Waals surface area contributed by atoms with Gasteiger partial charge in [0.25, 0.3) is 0 Å². The highest BCUT2D eigenvalue weighted by molar-refractivity contribution is 5.85. The minimum atomic E-state index is -0.595. The summed E-state index contributed by atoms with van der Waals surface area (Å²) in [6, 6.07) is 12.3. The van der Waals surface area contributed by atoms with Gasteiger partial charge in [-0.3, -0.25) is 14.6 Å². The lowest BCUT2D eigenvalue weighted by Crippen LogP contribution is -2.55. The van der Waals surface area contributed by atoms with Gasteiger partial charge in [-0.2, -0.15) is 0 Å².